The Labute approximate surface area is 163 Å². The third kappa shape index (κ3) is 4.15. The number of amides is 1. The monoisotopic (exact) mass is 408 g/mol. The van der Waals surface area contributed by atoms with E-state index >= 15 is 0 Å². The molecule has 7 nitrogen and oxygen atoms in total. The van der Waals surface area contributed by atoms with E-state index in [9.17, 15) is 27.6 Å². The first kappa shape index (κ1) is 20.2. The van der Waals surface area contributed by atoms with Crippen LogP contribution in [0.15, 0.2) is 42.5 Å². The van der Waals surface area contributed by atoms with Crippen LogP contribution in [-0.2, 0) is 14.3 Å². The molecule has 10 heteroatoms. The number of carbonyl (C=O) groups excluding carboxylic acids is 3. The van der Waals surface area contributed by atoms with Crippen LogP contribution in [0.25, 0.3) is 0 Å². The van der Waals surface area contributed by atoms with Gasteiger partial charge >= 0.3 is 18.1 Å². The minimum Gasteiger partial charge on any atom is -0.465 e. The Balaban J connectivity index is 1.97. The van der Waals surface area contributed by atoms with Gasteiger partial charge in [-0.15, -0.1) is 0 Å². The van der Waals surface area contributed by atoms with Crippen molar-refractivity contribution >= 4 is 34.9 Å². The van der Waals surface area contributed by atoms with Gasteiger partial charge in [-0.1, -0.05) is 12.1 Å². The molecule has 1 aliphatic rings. The minimum absolute atomic E-state index is 0.154. The van der Waals surface area contributed by atoms with Crippen LogP contribution in [0, 0.1) is 0 Å². The van der Waals surface area contributed by atoms with E-state index in [-0.39, 0.29) is 23.4 Å². The van der Waals surface area contributed by atoms with Crippen molar-refractivity contribution in [3.8, 4) is 0 Å². The second-order valence-corrected chi connectivity index (χ2v) is 5.98. The van der Waals surface area contributed by atoms with Gasteiger partial charge in [-0.25, -0.2) is 9.59 Å². The summed E-state index contributed by atoms with van der Waals surface area (Å²) in [6.07, 6.45) is -5.10. The minimum atomic E-state index is -5.10. The van der Waals surface area contributed by atoms with Crippen LogP contribution < -0.4 is 10.2 Å². The summed E-state index contributed by atoms with van der Waals surface area (Å²) in [4.78, 5) is 36.9. The largest absolute Gasteiger partial charge is 0.490 e. The van der Waals surface area contributed by atoms with E-state index in [1.54, 1.807) is 24.3 Å². The molecule has 2 aromatic rings. The number of hydrogen-bond acceptors (Lipinski definition) is 6. The van der Waals surface area contributed by atoms with Crippen molar-refractivity contribution in [3.63, 3.8) is 0 Å². The Morgan fingerprint density at radius 3 is 2.52 bits per heavy atom. The van der Waals surface area contributed by atoms with Crippen LogP contribution >= 0.6 is 0 Å². The third-order valence-corrected chi connectivity index (χ3v) is 4.18. The van der Waals surface area contributed by atoms with E-state index in [1.165, 1.54) is 30.2 Å². The molecule has 2 aromatic carbocycles. The van der Waals surface area contributed by atoms with Gasteiger partial charge in [0.05, 0.1) is 41.8 Å². The SMILES string of the molecule is COC(=O)c1ccc2c(c1)NC(=O)c1ccccc1N2CCOC(=O)C(F)(F)F. The molecule has 0 aliphatic carbocycles. The van der Waals surface area contributed by atoms with Crippen molar-refractivity contribution in [2.75, 3.05) is 30.5 Å². The van der Waals surface area contributed by atoms with Gasteiger partial charge in [-0.2, -0.15) is 13.2 Å². The number of halogens is 3. The number of carbonyl (C=O) groups is 3. The number of para-hydroxylation sites is 1. The number of alkyl halides is 3. The Bertz CT molecular complexity index is 975. The number of fused-ring (bicyclic) bond motifs is 2. The highest BCUT2D eigenvalue weighted by Crippen LogP contribution is 2.38. The number of ether oxygens (including phenoxy) is 2. The highest BCUT2D eigenvalue weighted by Gasteiger charge is 2.41. The number of nitrogens with one attached hydrogen (secondary N) is 1. The Morgan fingerprint density at radius 1 is 1.10 bits per heavy atom. The van der Waals surface area contributed by atoms with Crippen LogP contribution in [0.1, 0.15) is 20.7 Å². The van der Waals surface area contributed by atoms with Gasteiger partial charge in [0.15, 0.2) is 0 Å². The van der Waals surface area contributed by atoms with Crippen molar-refractivity contribution in [1.82, 2.24) is 0 Å². The summed E-state index contributed by atoms with van der Waals surface area (Å²) >= 11 is 0. The van der Waals surface area contributed by atoms with Crippen LogP contribution in [0.4, 0.5) is 30.2 Å². The second-order valence-electron chi connectivity index (χ2n) is 5.98. The Kier molecular flexibility index (Phi) is 5.44. The number of hydrogen-bond donors (Lipinski definition) is 1. The lowest BCUT2D eigenvalue weighted by Crippen LogP contribution is -2.30. The van der Waals surface area contributed by atoms with Crippen LogP contribution in [0.2, 0.25) is 0 Å². The van der Waals surface area contributed by atoms with Crippen molar-refractivity contribution < 1.29 is 37.0 Å². The fourth-order valence-corrected chi connectivity index (χ4v) is 2.89. The number of anilines is 3. The lowest BCUT2D eigenvalue weighted by molar-refractivity contribution is -0.199. The van der Waals surface area contributed by atoms with E-state index in [0.717, 1.165) is 0 Å². The molecule has 0 fully saturated rings. The topological polar surface area (TPSA) is 84.9 Å². The first-order chi connectivity index (χ1) is 13.7. The summed E-state index contributed by atoms with van der Waals surface area (Å²) < 4.78 is 46.1. The van der Waals surface area contributed by atoms with Gasteiger partial charge in [0, 0.05) is 0 Å². The number of nitrogens with zero attached hydrogens (tertiary/aromatic N) is 1. The molecule has 0 saturated heterocycles. The highest BCUT2D eigenvalue weighted by molar-refractivity contribution is 6.13. The first-order valence-corrected chi connectivity index (χ1v) is 8.36. The van der Waals surface area contributed by atoms with E-state index in [1.807, 2.05) is 0 Å². The van der Waals surface area contributed by atoms with Crippen molar-refractivity contribution in [2.45, 2.75) is 6.18 Å². The van der Waals surface area contributed by atoms with E-state index < -0.39 is 30.6 Å². The summed E-state index contributed by atoms with van der Waals surface area (Å²) in [5.74, 6) is -3.37. The zero-order valence-corrected chi connectivity index (χ0v) is 15.1. The summed E-state index contributed by atoms with van der Waals surface area (Å²) in [5.41, 5.74) is 1.54. The van der Waals surface area contributed by atoms with Gasteiger partial charge < -0.3 is 19.7 Å². The molecule has 152 valence electrons. The fourth-order valence-electron chi connectivity index (χ4n) is 2.89. The average Bonchev–Trinajstić information content (AvgIpc) is 2.81. The highest BCUT2D eigenvalue weighted by atomic mass is 19.4. The molecular weight excluding hydrogens is 393 g/mol. The molecular formula is C19H15F3N2O5. The summed E-state index contributed by atoms with van der Waals surface area (Å²) in [5, 5.41) is 2.68. The molecule has 0 saturated carbocycles. The number of benzene rings is 2. The molecule has 1 heterocycles. The maximum atomic E-state index is 12.6. The molecule has 0 aromatic heterocycles. The quantitative estimate of drug-likeness (QED) is 0.782. The fraction of sp³-hybridized carbons (Fsp3) is 0.211. The molecule has 0 atom stereocenters. The predicted octanol–water partition coefficient (Wildman–Crippen LogP) is 3.28. The zero-order chi connectivity index (χ0) is 21.2. The summed E-state index contributed by atoms with van der Waals surface area (Å²) in [7, 11) is 1.21. The molecule has 0 bridgehead atoms. The number of rotatable bonds is 4. The Hall–Kier alpha value is -3.56. The number of esters is 2. The van der Waals surface area contributed by atoms with E-state index in [2.05, 4.69) is 14.8 Å². The van der Waals surface area contributed by atoms with Crippen molar-refractivity contribution in [2.24, 2.45) is 0 Å². The maximum absolute atomic E-state index is 12.6. The van der Waals surface area contributed by atoms with Crippen molar-refractivity contribution in [1.29, 1.82) is 0 Å². The summed E-state index contributed by atoms with van der Waals surface area (Å²) in [6.45, 7) is -0.725. The standard InChI is InChI=1S/C19H15F3N2O5/c1-28-17(26)11-6-7-15-13(10-11)23-16(25)12-4-2-3-5-14(12)24(15)8-9-29-18(27)19(20,21)22/h2-7,10H,8-9H2,1H3,(H,23,25). The molecule has 0 spiro atoms. The van der Waals surface area contributed by atoms with Crippen LogP contribution in [0.5, 0.6) is 0 Å². The predicted molar refractivity (Wildman–Crippen MR) is 96.2 cm³/mol. The maximum Gasteiger partial charge on any atom is 0.490 e. The van der Waals surface area contributed by atoms with Crippen LogP contribution in [0.3, 0.4) is 0 Å². The molecule has 0 radical (unpaired) electrons. The lowest BCUT2D eigenvalue weighted by atomic mass is 10.1. The molecule has 0 unspecified atom stereocenters. The smallest absolute Gasteiger partial charge is 0.465 e. The van der Waals surface area contributed by atoms with Gasteiger partial charge in [0.1, 0.15) is 6.61 Å². The van der Waals surface area contributed by atoms with Gasteiger partial charge in [-0.3, -0.25) is 4.79 Å². The lowest BCUT2D eigenvalue weighted by Gasteiger charge is -2.26. The second kappa shape index (κ2) is 7.82. The zero-order valence-electron chi connectivity index (χ0n) is 15.1. The summed E-state index contributed by atoms with van der Waals surface area (Å²) in [6, 6.07) is 10.8. The Morgan fingerprint density at radius 2 is 1.83 bits per heavy atom. The molecule has 1 aliphatic heterocycles. The first-order valence-electron chi connectivity index (χ1n) is 8.36. The van der Waals surface area contributed by atoms with Gasteiger partial charge in [0.25, 0.3) is 5.91 Å². The molecule has 29 heavy (non-hydrogen) atoms. The number of methoxy groups -OCH3 is 1. The molecule has 1 amide bonds. The molecule has 3 rings (SSSR count). The normalized spacial score (nSPS) is 13.0. The third-order valence-electron chi connectivity index (χ3n) is 4.18. The van der Waals surface area contributed by atoms with E-state index in [4.69, 9.17) is 0 Å². The average molecular weight is 408 g/mol. The van der Waals surface area contributed by atoms with Crippen molar-refractivity contribution in [3.05, 3.63) is 53.6 Å². The molecule has 1 N–H and O–H groups in total. The van der Waals surface area contributed by atoms with Gasteiger partial charge in [-0.05, 0) is 30.3 Å². The van der Waals surface area contributed by atoms with E-state index in [0.29, 0.717) is 11.4 Å². The van der Waals surface area contributed by atoms with Crippen LogP contribution in [-0.4, -0.2) is 44.3 Å². The van der Waals surface area contributed by atoms with Gasteiger partial charge in [0.2, 0.25) is 0 Å².